The van der Waals surface area contributed by atoms with Crippen LogP contribution >= 0.6 is 0 Å². The summed E-state index contributed by atoms with van der Waals surface area (Å²) in [4.78, 5) is 27.3. The first-order chi connectivity index (χ1) is 12.2. The second-order valence-corrected chi connectivity index (χ2v) is 5.94. The van der Waals surface area contributed by atoms with Gasteiger partial charge in [-0.3, -0.25) is 9.59 Å². The van der Waals surface area contributed by atoms with Crippen LogP contribution in [0.25, 0.3) is 11.4 Å². The van der Waals surface area contributed by atoms with E-state index in [1.165, 1.54) is 4.80 Å². The monoisotopic (exact) mass is 343 g/mol. The number of rotatable bonds is 5. The van der Waals surface area contributed by atoms with Gasteiger partial charge in [0.2, 0.25) is 11.7 Å². The highest BCUT2D eigenvalue weighted by Crippen LogP contribution is 2.18. The van der Waals surface area contributed by atoms with E-state index in [-0.39, 0.29) is 24.3 Å². The highest BCUT2D eigenvalue weighted by atomic mass is 16.5. The van der Waals surface area contributed by atoms with Gasteiger partial charge >= 0.3 is 5.97 Å². The van der Waals surface area contributed by atoms with Crippen molar-refractivity contribution in [3.05, 3.63) is 30.3 Å². The molecule has 0 saturated carbocycles. The van der Waals surface area contributed by atoms with Crippen LogP contribution in [-0.4, -0.2) is 56.7 Å². The van der Waals surface area contributed by atoms with Crippen LogP contribution < -0.4 is 0 Å². The molecule has 0 aliphatic carbocycles. The van der Waals surface area contributed by atoms with Crippen molar-refractivity contribution in [1.29, 1.82) is 0 Å². The number of hydrogen-bond donors (Lipinski definition) is 0. The molecular formula is C17H21N5O3. The summed E-state index contributed by atoms with van der Waals surface area (Å²) in [5.41, 5.74) is 0.849. The summed E-state index contributed by atoms with van der Waals surface area (Å²) in [7, 11) is 0. The van der Waals surface area contributed by atoms with Gasteiger partial charge in [-0.05, 0) is 25.0 Å². The molecule has 0 N–H and O–H groups in total. The lowest BCUT2D eigenvalue weighted by atomic mass is 9.98. The largest absolute Gasteiger partial charge is 0.466 e. The number of nitrogens with zero attached hydrogens (tertiary/aromatic N) is 5. The standard InChI is InChI=1S/C17H21N5O3/c1-2-25-17(24)14-9-6-10-21(11-14)15(23)12-22-19-16(18-20-22)13-7-4-3-5-8-13/h3-5,7-8,14H,2,6,9-12H2,1H3. The minimum Gasteiger partial charge on any atom is -0.466 e. The molecule has 1 atom stereocenters. The number of likely N-dealkylation sites (tertiary alicyclic amines) is 1. The third-order valence-electron chi connectivity index (χ3n) is 4.16. The van der Waals surface area contributed by atoms with Crippen LogP contribution in [0.1, 0.15) is 19.8 Å². The van der Waals surface area contributed by atoms with Crippen LogP contribution in [0.2, 0.25) is 0 Å². The molecule has 0 bridgehead atoms. The van der Waals surface area contributed by atoms with E-state index in [9.17, 15) is 9.59 Å². The number of tetrazole rings is 1. The number of carbonyl (C=O) groups excluding carboxylic acids is 2. The molecule has 2 aromatic rings. The summed E-state index contributed by atoms with van der Waals surface area (Å²) in [6.45, 7) is 3.17. The van der Waals surface area contributed by atoms with Crippen LogP contribution in [0.5, 0.6) is 0 Å². The van der Waals surface area contributed by atoms with Crippen molar-refractivity contribution in [2.45, 2.75) is 26.3 Å². The number of ether oxygens (including phenoxy) is 1. The molecule has 1 aliphatic heterocycles. The minimum absolute atomic E-state index is 0.00930. The summed E-state index contributed by atoms with van der Waals surface area (Å²) in [6.07, 6.45) is 1.54. The Balaban J connectivity index is 1.60. The van der Waals surface area contributed by atoms with Crippen molar-refractivity contribution in [2.24, 2.45) is 5.92 Å². The van der Waals surface area contributed by atoms with E-state index in [1.54, 1.807) is 11.8 Å². The Kier molecular flexibility index (Phi) is 5.37. The van der Waals surface area contributed by atoms with Crippen LogP contribution in [0.15, 0.2) is 30.3 Å². The van der Waals surface area contributed by atoms with E-state index in [4.69, 9.17) is 4.74 Å². The first kappa shape index (κ1) is 17.1. The zero-order valence-electron chi connectivity index (χ0n) is 14.2. The lowest BCUT2D eigenvalue weighted by Gasteiger charge is -2.31. The number of hydrogen-bond acceptors (Lipinski definition) is 6. The fourth-order valence-electron chi connectivity index (χ4n) is 2.89. The molecule has 8 nitrogen and oxygen atoms in total. The van der Waals surface area contributed by atoms with Crippen molar-refractivity contribution in [2.75, 3.05) is 19.7 Å². The van der Waals surface area contributed by atoms with Crippen molar-refractivity contribution >= 4 is 11.9 Å². The maximum atomic E-state index is 12.5. The molecule has 2 heterocycles. The first-order valence-corrected chi connectivity index (χ1v) is 8.45. The number of carbonyl (C=O) groups is 2. The van der Waals surface area contributed by atoms with Gasteiger partial charge in [0.1, 0.15) is 6.54 Å². The summed E-state index contributed by atoms with van der Waals surface area (Å²) in [5, 5.41) is 12.2. The minimum atomic E-state index is -0.249. The normalized spacial score (nSPS) is 17.3. The van der Waals surface area contributed by atoms with Gasteiger partial charge in [-0.25, -0.2) is 0 Å². The van der Waals surface area contributed by atoms with Gasteiger partial charge < -0.3 is 9.64 Å². The number of esters is 1. The van der Waals surface area contributed by atoms with Gasteiger partial charge in [-0.2, -0.15) is 4.80 Å². The van der Waals surface area contributed by atoms with Crippen LogP contribution in [0.4, 0.5) is 0 Å². The van der Waals surface area contributed by atoms with E-state index in [0.29, 0.717) is 25.5 Å². The van der Waals surface area contributed by atoms with E-state index in [0.717, 1.165) is 18.4 Å². The lowest BCUT2D eigenvalue weighted by Crippen LogP contribution is -2.44. The number of amides is 1. The molecule has 25 heavy (non-hydrogen) atoms. The Hall–Kier alpha value is -2.77. The first-order valence-electron chi connectivity index (χ1n) is 8.45. The molecule has 0 radical (unpaired) electrons. The van der Waals surface area contributed by atoms with E-state index in [2.05, 4.69) is 15.4 Å². The van der Waals surface area contributed by atoms with Gasteiger partial charge in [-0.15, -0.1) is 10.2 Å². The molecule has 8 heteroatoms. The second kappa shape index (κ2) is 7.87. The molecule has 1 amide bonds. The Morgan fingerprint density at radius 3 is 2.84 bits per heavy atom. The summed E-state index contributed by atoms with van der Waals surface area (Å²) >= 11 is 0. The van der Waals surface area contributed by atoms with Crippen molar-refractivity contribution in [1.82, 2.24) is 25.1 Å². The Bertz CT molecular complexity index is 731. The summed E-state index contributed by atoms with van der Waals surface area (Å²) < 4.78 is 5.06. The van der Waals surface area contributed by atoms with Gasteiger partial charge in [-0.1, -0.05) is 30.3 Å². The molecule has 1 saturated heterocycles. The quantitative estimate of drug-likeness (QED) is 0.756. The van der Waals surface area contributed by atoms with E-state index < -0.39 is 0 Å². The molecule has 1 unspecified atom stereocenters. The fourth-order valence-corrected chi connectivity index (χ4v) is 2.89. The van der Waals surface area contributed by atoms with Gasteiger partial charge in [0.15, 0.2) is 0 Å². The average Bonchev–Trinajstić information content (AvgIpc) is 3.11. The molecule has 1 aromatic heterocycles. The number of benzene rings is 1. The SMILES string of the molecule is CCOC(=O)C1CCCN(C(=O)Cn2nnc(-c3ccccc3)n2)C1. The molecule has 3 rings (SSSR count). The molecule has 1 aromatic carbocycles. The second-order valence-electron chi connectivity index (χ2n) is 5.94. The van der Waals surface area contributed by atoms with Crippen LogP contribution in [0.3, 0.4) is 0 Å². The van der Waals surface area contributed by atoms with Gasteiger partial charge in [0.05, 0.1) is 12.5 Å². The molecule has 1 aliphatic rings. The third-order valence-corrected chi connectivity index (χ3v) is 4.16. The molecule has 132 valence electrons. The van der Waals surface area contributed by atoms with Crippen LogP contribution in [-0.2, 0) is 20.9 Å². The molecule has 1 fully saturated rings. The predicted molar refractivity (Wildman–Crippen MR) is 89.2 cm³/mol. The van der Waals surface area contributed by atoms with Crippen molar-refractivity contribution < 1.29 is 14.3 Å². The van der Waals surface area contributed by atoms with Gasteiger partial charge in [0, 0.05) is 18.7 Å². The number of piperidine rings is 1. The zero-order valence-corrected chi connectivity index (χ0v) is 14.2. The smallest absolute Gasteiger partial charge is 0.310 e. The Morgan fingerprint density at radius 2 is 2.08 bits per heavy atom. The maximum absolute atomic E-state index is 12.5. The summed E-state index contributed by atoms with van der Waals surface area (Å²) in [5.74, 6) is -0.117. The van der Waals surface area contributed by atoms with Gasteiger partial charge in [0.25, 0.3) is 0 Å². The number of aromatic nitrogens is 4. The zero-order chi connectivity index (χ0) is 17.6. The predicted octanol–water partition coefficient (Wildman–Crippen LogP) is 1.14. The Labute approximate surface area is 145 Å². The van der Waals surface area contributed by atoms with Crippen molar-refractivity contribution in [3.8, 4) is 11.4 Å². The van der Waals surface area contributed by atoms with Crippen molar-refractivity contribution in [3.63, 3.8) is 0 Å². The fraction of sp³-hybridized carbons (Fsp3) is 0.471. The summed E-state index contributed by atoms with van der Waals surface area (Å²) in [6, 6.07) is 9.47. The highest BCUT2D eigenvalue weighted by Gasteiger charge is 2.29. The molecule has 0 spiro atoms. The molecular weight excluding hydrogens is 322 g/mol. The Morgan fingerprint density at radius 1 is 1.28 bits per heavy atom. The highest BCUT2D eigenvalue weighted by molar-refractivity contribution is 5.78. The average molecular weight is 343 g/mol. The van der Waals surface area contributed by atoms with E-state index >= 15 is 0 Å². The topological polar surface area (TPSA) is 90.2 Å². The maximum Gasteiger partial charge on any atom is 0.310 e. The van der Waals surface area contributed by atoms with Crippen LogP contribution in [0, 0.1) is 5.92 Å². The third kappa shape index (κ3) is 4.20. The lowest BCUT2D eigenvalue weighted by molar-refractivity contribution is -0.151. The van der Waals surface area contributed by atoms with E-state index in [1.807, 2.05) is 30.3 Å².